The number of anilines is 3. The molecule has 3 aliphatic carbocycles. The number of nitrogens with one attached hydrogen (secondary N) is 1. The number of aromatic nitrogens is 1. The first-order valence-corrected chi connectivity index (χ1v) is 12.9. The van der Waals surface area contributed by atoms with E-state index in [-0.39, 0.29) is 11.8 Å². The predicted octanol–water partition coefficient (Wildman–Crippen LogP) is 7.69. The van der Waals surface area contributed by atoms with Crippen LogP contribution in [0.3, 0.4) is 0 Å². The minimum absolute atomic E-state index is 0.102. The van der Waals surface area contributed by atoms with Gasteiger partial charge in [0.2, 0.25) is 5.91 Å². The Labute approximate surface area is 207 Å². The van der Waals surface area contributed by atoms with Gasteiger partial charge in [0.25, 0.3) is 0 Å². The van der Waals surface area contributed by atoms with Crippen molar-refractivity contribution in [3.05, 3.63) is 89.7 Å². The van der Waals surface area contributed by atoms with Gasteiger partial charge in [0.1, 0.15) is 5.82 Å². The van der Waals surface area contributed by atoms with Crippen molar-refractivity contribution in [2.75, 3.05) is 10.2 Å². The predicted molar refractivity (Wildman–Crippen MR) is 145 cm³/mol. The molecule has 4 heteroatoms. The smallest absolute Gasteiger partial charge is 0.227 e. The zero-order valence-corrected chi connectivity index (χ0v) is 20.0. The third kappa shape index (κ3) is 4.41. The van der Waals surface area contributed by atoms with Crippen molar-refractivity contribution in [2.24, 2.45) is 5.92 Å². The molecule has 0 radical (unpaired) electrons. The van der Waals surface area contributed by atoms with Crippen molar-refractivity contribution >= 4 is 40.1 Å². The highest BCUT2D eigenvalue weighted by Gasteiger charge is 2.24. The van der Waals surface area contributed by atoms with Crippen LogP contribution in [0.2, 0.25) is 0 Å². The van der Waals surface area contributed by atoms with Crippen LogP contribution in [0.1, 0.15) is 56.1 Å². The fraction of sp³-hybridized carbons (Fsp3) is 0.290. The molecule has 35 heavy (non-hydrogen) atoms. The van der Waals surface area contributed by atoms with E-state index in [4.69, 9.17) is 4.98 Å². The number of benzene rings is 2. The van der Waals surface area contributed by atoms with Gasteiger partial charge in [-0.1, -0.05) is 67.8 Å². The number of nitrogens with zero attached hydrogens (tertiary/aromatic N) is 2. The average molecular weight is 462 g/mol. The van der Waals surface area contributed by atoms with E-state index in [9.17, 15) is 4.79 Å². The molecule has 1 aromatic heterocycles. The number of pyridine rings is 1. The number of rotatable bonds is 5. The summed E-state index contributed by atoms with van der Waals surface area (Å²) in [6.45, 7) is 0. The van der Waals surface area contributed by atoms with Crippen LogP contribution in [0.4, 0.5) is 17.2 Å². The molecule has 0 saturated heterocycles. The van der Waals surface area contributed by atoms with Gasteiger partial charge in [-0.05, 0) is 67.5 Å². The number of allylic oxidation sites excluding steroid dienone is 5. The Kier molecular flexibility index (Phi) is 5.95. The maximum absolute atomic E-state index is 13.2. The lowest BCUT2D eigenvalue weighted by Crippen LogP contribution is -2.25. The lowest BCUT2D eigenvalue weighted by Gasteiger charge is -2.29. The number of hydrogen-bond acceptors (Lipinski definition) is 3. The van der Waals surface area contributed by atoms with Crippen molar-refractivity contribution in [1.29, 1.82) is 0 Å². The van der Waals surface area contributed by atoms with Crippen molar-refractivity contribution < 1.29 is 4.79 Å². The molecule has 0 aliphatic heterocycles. The number of carbonyl (C=O) groups is 1. The quantitative estimate of drug-likeness (QED) is 0.423. The first-order valence-electron chi connectivity index (χ1n) is 12.9. The van der Waals surface area contributed by atoms with E-state index in [1.165, 1.54) is 23.2 Å². The van der Waals surface area contributed by atoms with Crippen molar-refractivity contribution in [3.8, 4) is 0 Å². The molecule has 1 heterocycles. The molecule has 3 aliphatic rings. The molecular formula is C31H31N3O. The Bertz CT molecular complexity index is 1360. The average Bonchev–Trinajstić information content (AvgIpc) is 3.38. The van der Waals surface area contributed by atoms with Crippen LogP contribution < -0.4 is 10.2 Å². The van der Waals surface area contributed by atoms with E-state index < -0.39 is 0 Å². The highest BCUT2D eigenvalue weighted by atomic mass is 16.1. The highest BCUT2D eigenvalue weighted by molar-refractivity contribution is 6.03. The van der Waals surface area contributed by atoms with Gasteiger partial charge in [-0.15, -0.1) is 0 Å². The van der Waals surface area contributed by atoms with E-state index in [0.29, 0.717) is 0 Å². The number of amides is 1. The maximum atomic E-state index is 13.2. The second-order valence-electron chi connectivity index (χ2n) is 9.82. The number of fused-ring (bicyclic) bond motifs is 2. The molecule has 4 nitrogen and oxygen atoms in total. The van der Waals surface area contributed by atoms with Crippen molar-refractivity contribution in [2.45, 2.75) is 51.4 Å². The molecule has 2 aromatic carbocycles. The Balaban J connectivity index is 1.45. The third-order valence-corrected chi connectivity index (χ3v) is 7.47. The highest BCUT2D eigenvalue weighted by Crippen LogP contribution is 2.38. The van der Waals surface area contributed by atoms with E-state index >= 15 is 0 Å². The van der Waals surface area contributed by atoms with Crippen molar-refractivity contribution in [3.63, 3.8) is 0 Å². The number of para-hydroxylation sites is 1. The second-order valence-corrected chi connectivity index (χ2v) is 9.82. The molecule has 0 spiro atoms. The van der Waals surface area contributed by atoms with Gasteiger partial charge in [-0.2, -0.15) is 0 Å². The molecule has 0 unspecified atom stereocenters. The molecule has 1 saturated carbocycles. The van der Waals surface area contributed by atoms with Crippen LogP contribution in [-0.2, 0) is 11.2 Å². The first kappa shape index (κ1) is 21.8. The minimum atomic E-state index is 0.102. The minimum Gasteiger partial charge on any atom is -0.325 e. The summed E-state index contributed by atoms with van der Waals surface area (Å²) < 4.78 is 0. The molecule has 1 N–H and O–H groups in total. The Hall–Kier alpha value is -3.66. The zero-order valence-electron chi connectivity index (χ0n) is 20.0. The van der Waals surface area contributed by atoms with Crippen LogP contribution >= 0.6 is 0 Å². The van der Waals surface area contributed by atoms with Crippen molar-refractivity contribution in [1.82, 2.24) is 4.98 Å². The van der Waals surface area contributed by atoms with Gasteiger partial charge in [0.15, 0.2) is 0 Å². The summed E-state index contributed by atoms with van der Waals surface area (Å²) in [5.74, 6) is 1.08. The first-order chi connectivity index (χ1) is 17.3. The van der Waals surface area contributed by atoms with Crippen LogP contribution in [0.5, 0.6) is 0 Å². The topological polar surface area (TPSA) is 45.2 Å². The van der Waals surface area contributed by atoms with E-state index in [1.807, 2.05) is 18.2 Å². The molecule has 3 aromatic rings. The Morgan fingerprint density at radius 1 is 1.00 bits per heavy atom. The summed E-state index contributed by atoms with van der Waals surface area (Å²) in [5, 5.41) is 4.28. The summed E-state index contributed by atoms with van der Waals surface area (Å²) in [6, 6.07) is 16.9. The lowest BCUT2D eigenvalue weighted by atomic mass is 9.88. The molecule has 1 fully saturated rings. The van der Waals surface area contributed by atoms with E-state index in [1.54, 1.807) is 0 Å². The van der Waals surface area contributed by atoms with Gasteiger partial charge >= 0.3 is 0 Å². The van der Waals surface area contributed by atoms with Crippen LogP contribution in [0, 0.1) is 5.92 Å². The standard InChI is InChI=1S/C31H31N3O/c35-31(23-10-3-1-4-11-23)33-29-21-30(32-28-17-8-7-16-27(28)29)34(25-14-5-2-6-15-25)26-19-18-22-12-9-13-24(22)20-26/h2,5,7-9,13-14,16-21,23H,1,3-4,6,10-12,15H2,(H,32,33,35). The molecule has 6 rings (SSSR count). The SMILES string of the molecule is O=C(Nc1cc(N(C2=CC=CCC2)c2ccc3c(c2)C=CC3)nc2ccccc12)C1CCCCC1. The summed E-state index contributed by atoms with van der Waals surface area (Å²) >= 11 is 0. The van der Waals surface area contributed by atoms with Crippen LogP contribution in [0.15, 0.2) is 78.5 Å². The molecule has 176 valence electrons. The Morgan fingerprint density at radius 2 is 1.89 bits per heavy atom. The summed E-state index contributed by atoms with van der Waals surface area (Å²) in [4.78, 5) is 20.6. The van der Waals surface area contributed by atoms with Crippen LogP contribution in [-0.4, -0.2) is 10.9 Å². The fourth-order valence-electron chi connectivity index (χ4n) is 5.58. The number of carbonyl (C=O) groups excluding carboxylic acids is 1. The molecule has 1 amide bonds. The largest absolute Gasteiger partial charge is 0.325 e. The normalized spacial score (nSPS) is 17.3. The summed E-state index contributed by atoms with van der Waals surface area (Å²) in [6.07, 6.45) is 19.4. The van der Waals surface area contributed by atoms with Gasteiger partial charge < -0.3 is 5.32 Å². The lowest BCUT2D eigenvalue weighted by molar-refractivity contribution is -0.120. The zero-order chi connectivity index (χ0) is 23.6. The summed E-state index contributed by atoms with van der Waals surface area (Å²) in [7, 11) is 0. The third-order valence-electron chi connectivity index (χ3n) is 7.47. The monoisotopic (exact) mass is 461 g/mol. The fourth-order valence-corrected chi connectivity index (χ4v) is 5.58. The number of hydrogen-bond donors (Lipinski definition) is 1. The maximum Gasteiger partial charge on any atom is 0.227 e. The second kappa shape index (κ2) is 9.53. The van der Waals surface area contributed by atoms with Gasteiger partial charge in [0, 0.05) is 28.8 Å². The van der Waals surface area contributed by atoms with E-state index in [2.05, 4.69) is 70.9 Å². The van der Waals surface area contributed by atoms with Gasteiger partial charge in [0.05, 0.1) is 11.2 Å². The van der Waals surface area contributed by atoms with Gasteiger partial charge in [-0.3, -0.25) is 9.69 Å². The van der Waals surface area contributed by atoms with Gasteiger partial charge in [-0.25, -0.2) is 4.98 Å². The Morgan fingerprint density at radius 3 is 2.74 bits per heavy atom. The molecule has 0 bridgehead atoms. The molecule has 0 atom stereocenters. The van der Waals surface area contributed by atoms with E-state index in [0.717, 1.165) is 73.0 Å². The summed E-state index contributed by atoms with van der Waals surface area (Å²) in [5.41, 5.74) is 6.68. The molecular weight excluding hydrogens is 430 g/mol. The van der Waals surface area contributed by atoms with Crippen LogP contribution in [0.25, 0.3) is 17.0 Å².